The molecule has 2 N–H and O–H groups in total. The van der Waals surface area contributed by atoms with Crippen LogP contribution in [-0.2, 0) is 11.2 Å². The summed E-state index contributed by atoms with van der Waals surface area (Å²) >= 11 is 0. The molecule has 1 aromatic carbocycles. The number of hydrogen-bond donors (Lipinski definition) is 1. The van der Waals surface area contributed by atoms with Gasteiger partial charge in [0.2, 0.25) is 5.91 Å². The Bertz CT molecular complexity index is 540. The summed E-state index contributed by atoms with van der Waals surface area (Å²) in [5.74, 6) is 1.49. The van der Waals surface area contributed by atoms with Crippen molar-refractivity contribution in [1.82, 2.24) is 9.80 Å². The minimum Gasteiger partial charge on any atom is -0.496 e. The van der Waals surface area contributed by atoms with Gasteiger partial charge in [0.05, 0.1) is 19.9 Å². The lowest BCUT2D eigenvalue weighted by Gasteiger charge is -2.34. The van der Waals surface area contributed by atoms with E-state index in [9.17, 15) is 4.79 Å². The van der Waals surface area contributed by atoms with Gasteiger partial charge >= 0.3 is 0 Å². The molecular formula is C17H27N3O3. The molecule has 0 bridgehead atoms. The molecule has 1 amide bonds. The maximum atomic E-state index is 12.4. The number of amides is 1. The Labute approximate surface area is 138 Å². The van der Waals surface area contributed by atoms with Gasteiger partial charge in [-0.15, -0.1) is 0 Å². The third kappa shape index (κ3) is 4.28. The highest BCUT2D eigenvalue weighted by Crippen LogP contribution is 2.31. The SMILES string of the molecule is CCN1CCN(C(=O)CCc2cc(N)c(OC)cc2OC)CC1. The molecule has 23 heavy (non-hydrogen) atoms. The number of aryl methyl sites for hydroxylation is 1. The van der Waals surface area contributed by atoms with E-state index < -0.39 is 0 Å². The lowest BCUT2D eigenvalue weighted by Crippen LogP contribution is -2.48. The quantitative estimate of drug-likeness (QED) is 0.802. The monoisotopic (exact) mass is 321 g/mol. The minimum absolute atomic E-state index is 0.192. The molecular weight excluding hydrogens is 294 g/mol. The molecule has 0 spiro atoms. The molecule has 1 aromatic rings. The number of carbonyl (C=O) groups is 1. The van der Waals surface area contributed by atoms with E-state index in [2.05, 4.69) is 11.8 Å². The van der Waals surface area contributed by atoms with Crippen LogP contribution in [0.3, 0.4) is 0 Å². The van der Waals surface area contributed by atoms with Crippen molar-refractivity contribution in [1.29, 1.82) is 0 Å². The van der Waals surface area contributed by atoms with Crippen molar-refractivity contribution in [2.45, 2.75) is 19.8 Å². The number of anilines is 1. The Balaban J connectivity index is 1.95. The van der Waals surface area contributed by atoms with E-state index in [1.807, 2.05) is 11.0 Å². The van der Waals surface area contributed by atoms with Crippen LogP contribution >= 0.6 is 0 Å². The average Bonchev–Trinajstić information content (AvgIpc) is 2.59. The Morgan fingerprint density at radius 2 is 1.78 bits per heavy atom. The summed E-state index contributed by atoms with van der Waals surface area (Å²) in [7, 11) is 3.19. The number of methoxy groups -OCH3 is 2. The fraction of sp³-hybridized carbons (Fsp3) is 0.588. The van der Waals surface area contributed by atoms with Crippen molar-refractivity contribution in [2.75, 3.05) is 52.7 Å². The van der Waals surface area contributed by atoms with Gasteiger partial charge in [-0.05, 0) is 24.6 Å². The van der Waals surface area contributed by atoms with Crippen molar-refractivity contribution < 1.29 is 14.3 Å². The summed E-state index contributed by atoms with van der Waals surface area (Å²) in [5, 5.41) is 0. The Morgan fingerprint density at radius 3 is 2.35 bits per heavy atom. The van der Waals surface area contributed by atoms with Gasteiger partial charge in [-0.3, -0.25) is 4.79 Å². The molecule has 6 heteroatoms. The zero-order valence-corrected chi connectivity index (χ0v) is 14.3. The van der Waals surface area contributed by atoms with Crippen molar-refractivity contribution in [3.8, 4) is 11.5 Å². The molecule has 6 nitrogen and oxygen atoms in total. The number of carbonyl (C=O) groups excluding carboxylic acids is 1. The minimum atomic E-state index is 0.192. The van der Waals surface area contributed by atoms with Crippen LogP contribution in [0.4, 0.5) is 5.69 Å². The number of hydrogen-bond acceptors (Lipinski definition) is 5. The molecule has 1 fully saturated rings. The first-order valence-electron chi connectivity index (χ1n) is 8.09. The predicted octanol–water partition coefficient (Wildman–Crippen LogP) is 1.38. The fourth-order valence-electron chi connectivity index (χ4n) is 2.90. The van der Waals surface area contributed by atoms with Crippen LogP contribution in [0.1, 0.15) is 18.9 Å². The summed E-state index contributed by atoms with van der Waals surface area (Å²) in [6.45, 7) is 6.74. The van der Waals surface area contributed by atoms with Crippen LogP contribution in [0.25, 0.3) is 0 Å². The van der Waals surface area contributed by atoms with Crippen LogP contribution < -0.4 is 15.2 Å². The molecule has 2 rings (SSSR count). The first-order valence-corrected chi connectivity index (χ1v) is 8.09. The second kappa shape index (κ2) is 8.06. The first-order chi connectivity index (χ1) is 11.1. The number of piperazine rings is 1. The van der Waals surface area contributed by atoms with E-state index in [1.165, 1.54) is 0 Å². The number of benzene rings is 1. The molecule has 1 aliphatic rings. The van der Waals surface area contributed by atoms with E-state index >= 15 is 0 Å². The maximum Gasteiger partial charge on any atom is 0.222 e. The molecule has 0 aliphatic carbocycles. The van der Waals surface area contributed by atoms with E-state index in [-0.39, 0.29) is 5.91 Å². The molecule has 0 unspecified atom stereocenters. The number of nitrogens with zero attached hydrogens (tertiary/aromatic N) is 2. The average molecular weight is 321 g/mol. The van der Waals surface area contributed by atoms with Crippen LogP contribution in [0.15, 0.2) is 12.1 Å². The van der Waals surface area contributed by atoms with E-state index in [0.717, 1.165) is 38.3 Å². The van der Waals surface area contributed by atoms with Crippen LogP contribution in [-0.4, -0.2) is 62.7 Å². The van der Waals surface area contributed by atoms with Crippen LogP contribution in [0.5, 0.6) is 11.5 Å². The van der Waals surface area contributed by atoms with E-state index in [4.69, 9.17) is 15.2 Å². The van der Waals surface area contributed by atoms with Crippen molar-refractivity contribution in [3.63, 3.8) is 0 Å². The topological polar surface area (TPSA) is 68.0 Å². The molecule has 0 saturated carbocycles. The third-order valence-corrected chi connectivity index (χ3v) is 4.41. The highest BCUT2D eigenvalue weighted by Gasteiger charge is 2.20. The number of ether oxygens (including phenoxy) is 2. The van der Waals surface area contributed by atoms with Crippen LogP contribution in [0, 0.1) is 0 Å². The van der Waals surface area contributed by atoms with Gasteiger partial charge < -0.3 is 25.0 Å². The number of likely N-dealkylation sites (N-methyl/N-ethyl adjacent to an activating group) is 1. The molecule has 0 radical (unpaired) electrons. The summed E-state index contributed by atoms with van der Waals surface area (Å²) in [4.78, 5) is 16.7. The largest absolute Gasteiger partial charge is 0.496 e. The predicted molar refractivity (Wildman–Crippen MR) is 91.0 cm³/mol. The maximum absolute atomic E-state index is 12.4. The number of rotatable bonds is 6. The standard InChI is InChI=1S/C17H27N3O3/c1-4-19-7-9-20(10-8-19)17(21)6-5-13-11-14(18)16(23-3)12-15(13)22-2/h11-12H,4-10,18H2,1-3H3. The van der Waals surface area contributed by atoms with Crippen molar-refractivity contribution >= 4 is 11.6 Å². The van der Waals surface area contributed by atoms with Gasteiger partial charge in [0.25, 0.3) is 0 Å². The lowest BCUT2D eigenvalue weighted by molar-refractivity contribution is -0.132. The van der Waals surface area contributed by atoms with Crippen molar-refractivity contribution in [3.05, 3.63) is 17.7 Å². The molecule has 1 heterocycles. The van der Waals surface area contributed by atoms with Gasteiger partial charge in [0.15, 0.2) is 0 Å². The highest BCUT2D eigenvalue weighted by atomic mass is 16.5. The Kier molecular flexibility index (Phi) is 6.10. The lowest BCUT2D eigenvalue weighted by atomic mass is 10.1. The Hall–Kier alpha value is -1.95. The Morgan fingerprint density at radius 1 is 1.13 bits per heavy atom. The second-order valence-corrected chi connectivity index (χ2v) is 5.72. The van der Waals surface area contributed by atoms with Gasteiger partial charge in [-0.25, -0.2) is 0 Å². The smallest absolute Gasteiger partial charge is 0.222 e. The molecule has 128 valence electrons. The zero-order chi connectivity index (χ0) is 16.8. The summed E-state index contributed by atoms with van der Waals surface area (Å²) < 4.78 is 10.6. The first kappa shape index (κ1) is 17.4. The highest BCUT2D eigenvalue weighted by molar-refractivity contribution is 5.77. The number of nitrogen functional groups attached to an aromatic ring is 1. The molecule has 1 aliphatic heterocycles. The molecule has 0 atom stereocenters. The van der Waals surface area contributed by atoms with Gasteiger partial charge in [-0.1, -0.05) is 6.92 Å². The second-order valence-electron chi connectivity index (χ2n) is 5.72. The summed E-state index contributed by atoms with van der Waals surface area (Å²) in [6, 6.07) is 3.61. The molecule has 0 aromatic heterocycles. The zero-order valence-electron chi connectivity index (χ0n) is 14.3. The van der Waals surface area contributed by atoms with Crippen molar-refractivity contribution in [2.24, 2.45) is 0 Å². The normalized spacial score (nSPS) is 15.5. The van der Waals surface area contributed by atoms with E-state index in [1.54, 1.807) is 20.3 Å². The number of nitrogens with two attached hydrogens (primary N) is 1. The summed E-state index contributed by atoms with van der Waals surface area (Å²) in [6.07, 6.45) is 1.08. The summed E-state index contributed by atoms with van der Waals surface area (Å²) in [5.41, 5.74) is 7.45. The third-order valence-electron chi connectivity index (χ3n) is 4.41. The fourth-order valence-corrected chi connectivity index (χ4v) is 2.90. The van der Waals surface area contributed by atoms with E-state index in [0.29, 0.717) is 30.0 Å². The van der Waals surface area contributed by atoms with Gasteiger partial charge in [0, 0.05) is 38.7 Å². The molecule has 1 saturated heterocycles. The van der Waals surface area contributed by atoms with Crippen LogP contribution in [0.2, 0.25) is 0 Å². The van der Waals surface area contributed by atoms with Gasteiger partial charge in [0.1, 0.15) is 11.5 Å². The van der Waals surface area contributed by atoms with Gasteiger partial charge in [-0.2, -0.15) is 0 Å².